The Morgan fingerprint density at radius 3 is 2.19 bits per heavy atom. The van der Waals surface area contributed by atoms with Crippen molar-refractivity contribution in [3.05, 3.63) is 71.3 Å². The van der Waals surface area contributed by atoms with Crippen molar-refractivity contribution in [2.24, 2.45) is 0 Å². The maximum absolute atomic E-state index is 13.3. The average Bonchev–Trinajstić information content (AvgIpc) is 2.71. The molecule has 0 radical (unpaired) electrons. The zero-order chi connectivity index (χ0) is 22.3. The summed E-state index contributed by atoms with van der Waals surface area (Å²) in [5, 5.41) is 3.79. The number of benzene rings is 4. The van der Waals surface area contributed by atoms with Crippen LogP contribution in [0.5, 0.6) is 5.75 Å². The van der Waals surface area contributed by atoms with Gasteiger partial charge in [0.05, 0.1) is 13.7 Å². The summed E-state index contributed by atoms with van der Waals surface area (Å²) in [7, 11) is -2.36. The van der Waals surface area contributed by atoms with Crippen molar-refractivity contribution in [3.63, 3.8) is 0 Å². The lowest BCUT2D eigenvalue weighted by atomic mass is 9.89. The third kappa shape index (κ3) is 3.58. The van der Waals surface area contributed by atoms with Crippen LogP contribution in [-0.2, 0) is 14.3 Å². The predicted molar refractivity (Wildman–Crippen MR) is 126 cm³/mol. The van der Waals surface area contributed by atoms with Gasteiger partial charge < -0.3 is 4.74 Å². The molecule has 0 bridgehead atoms. The van der Waals surface area contributed by atoms with E-state index < -0.39 is 10.1 Å². The summed E-state index contributed by atoms with van der Waals surface area (Å²) in [6.07, 6.45) is 0. The number of methoxy groups -OCH3 is 1. The van der Waals surface area contributed by atoms with Crippen molar-refractivity contribution in [3.8, 4) is 16.9 Å². The van der Waals surface area contributed by atoms with Gasteiger partial charge in [-0.15, -0.1) is 0 Å². The van der Waals surface area contributed by atoms with Crippen LogP contribution in [0, 0.1) is 20.8 Å². The average molecular weight is 435 g/mol. The molecule has 0 fully saturated rings. The maximum atomic E-state index is 13.3. The van der Waals surface area contributed by atoms with Crippen molar-refractivity contribution in [1.29, 1.82) is 0 Å². The van der Waals surface area contributed by atoms with Gasteiger partial charge in [-0.05, 0) is 66.4 Å². The van der Waals surface area contributed by atoms with Crippen LogP contribution >= 0.6 is 0 Å². The molecular weight excluding hydrogens is 408 g/mol. The summed E-state index contributed by atoms with van der Waals surface area (Å²) in [5.74, 6) is 0.667. The normalized spacial score (nSPS) is 11.9. The van der Waals surface area contributed by atoms with Gasteiger partial charge in [0.2, 0.25) is 0 Å². The lowest BCUT2D eigenvalue weighted by Gasteiger charge is -2.21. The van der Waals surface area contributed by atoms with Gasteiger partial charge >= 0.3 is 0 Å². The molecule has 0 aliphatic rings. The number of aryl methyl sites for hydroxylation is 3. The Labute approximate surface area is 183 Å². The van der Waals surface area contributed by atoms with Crippen LogP contribution in [-0.4, -0.2) is 22.1 Å². The van der Waals surface area contributed by atoms with Gasteiger partial charge in [0.25, 0.3) is 10.1 Å². The van der Waals surface area contributed by atoms with E-state index in [2.05, 4.69) is 12.1 Å². The summed E-state index contributed by atoms with van der Waals surface area (Å²) in [5.41, 5.74) is 4.13. The second-order valence-corrected chi connectivity index (χ2v) is 9.36. The lowest BCUT2D eigenvalue weighted by molar-refractivity contribution is 0.338. The fourth-order valence-corrected chi connectivity index (χ4v) is 5.76. The second kappa shape index (κ2) is 7.98. The molecule has 0 aromatic heterocycles. The summed E-state index contributed by atoms with van der Waals surface area (Å²) < 4.78 is 37.7. The highest BCUT2D eigenvalue weighted by molar-refractivity contribution is 7.87. The minimum atomic E-state index is -3.98. The van der Waals surface area contributed by atoms with Crippen LogP contribution in [0.15, 0.2) is 59.5 Å². The molecule has 0 heterocycles. The van der Waals surface area contributed by atoms with E-state index in [9.17, 15) is 8.42 Å². The molecule has 0 saturated heterocycles. The Kier molecular flexibility index (Phi) is 5.50. The lowest BCUT2D eigenvalue weighted by Crippen LogP contribution is -2.10. The van der Waals surface area contributed by atoms with Gasteiger partial charge in [-0.3, -0.25) is 4.18 Å². The smallest absolute Gasteiger partial charge is 0.297 e. The van der Waals surface area contributed by atoms with E-state index >= 15 is 0 Å². The van der Waals surface area contributed by atoms with E-state index in [4.69, 9.17) is 8.92 Å². The van der Waals surface area contributed by atoms with Gasteiger partial charge in [0.1, 0.15) is 10.6 Å². The van der Waals surface area contributed by atoms with E-state index in [1.54, 1.807) is 14.0 Å². The molecular formula is C26H26O4S. The Morgan fingerprint density at radius 2 is 1.48 bits per heavy atom. The fraction of sp³-hybridized carbons (Fsp3) is 0.231. The fourth-order valence-electron chi connectivity index (χ4n) is 4.41. The SMILES string of the molecule is CCOS(=O)(=O)c1c(C)cc2ccccc2c1-c1c(OC)c(C)cc2cc(C)ccc12. The number of fused-ring (bicyclic) bond motifs is 2. The Balaban J connectivity index is 2.30. The van der Waals surface area contributed by atoms with E-state index in [0.717, 1.165) is 38.2 Å². The molecule has 0 spiro atoms. The van der Waals surface area contributed by atoms with Gasteiger partial charge in [-0.2, -0.15) is 8.42 Å². The molecule has 160 valence electrons. The van der Waals surface area contributed by atoms with Gasteiger partial charge in [-0.25, -0.2) is 0 Å². The van der Waals surface area contributed by atoms with Crippen LogP contribution < -0.4 is 4.74 Å². The molecule has 0 unspecified atom stereocenters. The molecule has 4 rings (SSSR count). The summed E-state index contributed by atoms with van der Waals surface area (Å²) in [6.45, 7) is 7.60. The first kappa shape index (κ1) is 21.3. The molecule has 4 aromatic rings. The zero-order valence-electron chi connectivity index (χ0n) is 18.4. The number of rotatable bonds is 5. The summed E-state index contributed by atoms with van der Waals surface area (Å²) >= 11 is 0. The standard InChI is InChI=1S/C26H26O4S/c1-6-30-31(27,28)26-18(4)15-19-9-7-8-10-21(19)24(26)23-22-12-11-16(2)13-20(22)14-17(3)25(23)29-5/h7-15H,6H2,1-5H3. The zero-order valence-corrected chi connectivity index (χ0v) is 19.3. The van der Waals surface area contributed by atoms with Crippen molar-refractivity contribution >= 4 is 31.7 Å². The van der Waals surface area contributed by atoms with Crippen LogP contribution in [0.25, 0.3) is 32.7 Å². The van der Waals surface area contributed by atoms with Gasteiger partial charge in [0, 0.05) is 11.1 Å². The molecule has 0 saturated carbocycles. The van der Waals surface area contributed by atoms with E-state index in [1.165, 1.54) is 0 Å². The van der Waals surface area contributed by atoms with Gasteiger partial charge in [-0.1, -0.05) is 54.1 Å². The maximum Gasteiger partial charge on any atom is 0.297 e. The van der Waals surface area contributed by atoms with Crippen molar-refractivity contribution in [1.82, 2.24) is 0 Å². The quantitative estimate of drug-likeness (QED) is 0.345. The molecule has 0 aliphatic carbocycles. The molecule has 0 amide bonds. The van der Waals surface area contributed by atoms with Gasteiger partial charge in [0.15, 0.2) is 0 Å². The Hall–Kier alpha value is -2.89. The first-order chi connectivity index (χ1) is 14.8. The number of hydrogen-bond donors (Lipinski definition) is 0. The first-order valence-corrected chi connectivity index (χ1v) is 11.7. The molecule has 0 N–H and O–H groups in total. The Bertz CT molecular complexity index is 1420. The molecule has 4 aromatic carbocycles. The number of ether oxygens (including phenoxy) is 1. The molecule has 31 heavy (non-hydrogen) atoms. The van der Waals surface area contributed by atoms with Crippen LogP contribution in [0.3, 0.4) is 0 Å². The summed E-state index contributed by atoms with van der Waals surface area (Å²) in [6, 6.07) is 18.0. The number of hydrogen-bond acceptors (Lipinski definition) is 4. The van der Waals surface area contributed by atoms with Crippen LogP contribution in [0.2, 0.25) is 0 Å². The van der Waals surface area contributed by atoms with Crippen molar-refractivity contribution in [2.45, 2.75) is 32.6 Å². The van der Waals surface area contributed by atoms with Crippen LogP contribution in [0.1, 0.15) is 23.6 Å². The first-order valence-electron chi connectivity index (χ1n) is 10.3. The van der Waals surface area contributed by atoms with Crippen LogP contribution in [0.4, 0.5) is 0 Å². The monoisotopic (exact) mass is 434 g/mol. The topological polar surface area (TPSA) is 52.6 Å². The molecule has 0 aliphatic heterocycles. The minimum absolute atomic E-state index is 0.0684. The van der Waals surface area contributed by atoms with Crippen molar-refractivity contribution < 1.29 is 17.3 Å². The highest BCUT2D eigenvalue weighted by atomic mass is 32.2. The molecule has 4 nitrogen and oxygen atoms in total. The largest absolute Gasteiger partial charge is 0.496 e. The molecule has 5 heteroatoms. The highest BCUT2D eigenvalue weighted by Gasteiger charge is 2.28. The Morgan fingerprint density at radius 1 is 0.806 bits per heavy atom. The third-order valence-electron chi connectivity index (χ3n) is 5.60. The molecule has 0 atom stereocenters. The summed E-state index contributed by atoms with van der Waals surface area (Å²) in [4.78, 5) is 0.193. The van der Waals surface area contributed by atoms with Crippen molar-refractivity contribution in [2.75, 3.05) is 13.7 Å². The predicted octanol–water partition coefficient (Wildman–Crippen LogP) is 6.32. The second-order valence-electron chi connectivity index (χ2n) is 7.81. The highest BCUT2D eigenvalue weighted by Crippen LogP contribution is 2.46. The third-order valence-corrected chi connectivity index (χ3v) is 7.17. The minimum Gasteiger partial charge on any atom is -0.496 e. The van der Waals surface area contributed by atoms with E-state index in [-0.39, 0.29) is 11.5 Å². The van der Waals surface area contributed by atoms with E-state index in [1.807, 2.05) is 63.2 Å². The van der Waals surface area contributed by atoms with E-state index in [0.29, 0.717) is 16.9 Å².